The van der Waals surface area contributed by atoms with E-state index in [9.17, 15) is 14.4 Å². The van der Waals surface area contributed by atoms with Crippen molar-refractivity contribution in [2.45, 2.75) is 0 Å². The lowest BCUT2D eigenvalue weighted by molar-refractivity contribution is 0.0599. The van der Waals surface area contributed by atoms with E-state index in [1.165, 1.54) is 32.4 Å². The lowest BCUT2D eigenvalue weighted by Crippen LogP contribution is -2.13. The number of anilines is 1. The summed E-state index contributed by atoms with van der Waals surface area (Å²) in [5, 5.41) is 3.37. The molecule has 0 aliphatic heterocycles. The Balaban J connectivity index is 1.95. The average Bonchev–Trinajstić information content (AvgIpc) is 3.12. The molecular weight excluding hydrogens is 418 g/mol. The molecule has 3 aromatic rings. The Labute approximate surface area is 162 Å². The highest BCUT2D eigenvalue weighted by molar-refractivity contribution is 9.10. The van der Waals surface area contributed by atoms with Crippen molar-refractivity contribution in [3.05, 3.63) is 63.8 Å². The molecule has 1 amide bonds. The highest BCUT2D eigenvalue weighted by Crippen LogP contribution is 2.27. The molecular formula is C19H14BrNO6. The van der Waals surface area contributed by atoms with Crippen LogP contribution >= 0.6 is 15.9 Å². The molecule has 0 bridgehead atoms. The number of methoxy groups -OCH3 is 2. The fourth-order valence-electron chi connectivity index (χ4n) is 2.50. The Morgan fingerprint density at radius 2 is 1.59 bits per heavy atom. The van der Waals surface area contributed by atoms with Crippen LogP contribution in [0, 0.1) is 0 Å². The van der Waals surface area contributed by atoms with Gasteiger partial charge in [0.2, 0.25) is 0 Å². The van der Waals surface area contributed by atoms with Gasteiger partial charge in [-0.05, 0) is 46.3 Å². The molecule has 0 atom stereocenters. The first-order valence-electron chi connectivity index (χ1n) is 7.74. The molecule has 8 heteroatoms. The fourth-order valence-corrected chi connectivity index (χ4v) is 2.97. The Hall–Kier alpha value is -3.13. The van der Waals surface area contributed by atoms with Gasteiger partial charge in [-0.15, -0.1) is 0 Å². The zero-order chi connectivity index (χ0) is 19.6. The monoisotopic (exact) mass is 431 g/mol. The van der Waals surface area contributed by atoms with Crippen LogP contribution in [0.2, 0.25) is 0 Å². The number of esters is 2. The second-order valence-corrected chi connectivity index (χ2v) is 6.36. The number of amides is 1. The van der Waals surface area contributed by atoms with Crippen LogP contribution in [0.1, 0.15) is 31.3 Å². The van der Waals surface area contributed by atoms with Gasteiger partial charge in [-0.1, -0.05) is 12.1 Å². The van der Waals surface area contributed by atoms with Gasteiger partial charge in [-0.2, -0.15) is 0 Å². The van der Waals surface area contributed by atoms with E-state index in [1.54, 1.807) is 12.1 Å². The number of fused-ring (bicyclic) bond motifs is 1. The van der Waals surface area contributed by atoms with Gasteiger partial charge in [0.15, 0.2) is 5.76 Å². The largest absolute Gasteiger partial charge is 0.465 e. The summed E-state index contributed by atoms with van der Waals surface area (Å²) in [5.74, 6) is -1.75. The summed E-state index contributed by atoms with van der Waals surface area (Å²) in [6.07, 6.45) is 0. The number of halogens is 1. The molecule has 3 rings (SSSR count). The fraction of sp³-hybridized carbons (Fsp3) is 0.105. The maximum atomic E-state index is 12.5. The third-order valence-electron chi connectivity index (χ3n) is 3.75. The number of rotatable bonds is 4. The third kappa shape index (κ3) is 3.85. The van der Waals surface area contributed by atoms with Crippen LogP contribution < -0.4 is 5.32 Å². The average molecular weight is 432 g/mol. The summed E-state index contributed by atoms with van der Waals surface area (Å²) in [4.78, 5) is 36.2. The van der Waals surface area contributed by atoms with E-state index >= 15 is 0 Å². The minimum atomic E-state index is -0.649. The maximum absolute atomic E-state index is 12.5. The summed E-state index contributed by atoms with van der Waals surface area (Å²) in [6.45, 7) is 0. The van der Waals surface area contributed by atoms with E-state index in [0.29, 0.717) is 5.58 Å². The van der Waals surface area contributed by atoms with E-state index < -0.39 is 17.8 Å². The number of carbonyl (C=O) groups is 3. The van der Waals surface area contributed by atoms with Crippen LogP contribution in [0.4, 0.5) is 5.69 Å². The van der Waals surface area contributed by atoms with E-state index in [1.807, 2.05) is 12.1 Å². The zero-order valence-corrected chi connectivity index (χ0v) is 16.0. The second kappa shape index (κ2) is 7.63. The Kier molecular flexibility index (Phi) is 5.27. The SMILES string of the molecule is COC(=O)c1cc(NC(=O)c2cc3cccc(Br)c3o2)cc(C(=O)OC)c1. The minimum absolute atomic E-state index is 0.0833. The summed E-state index contributed by atoms with van der Waals surface area (Å²) in [5.41, 5.74) is 0.968. The number of nitrogens with one attached hydrogen (secondary N) is 1. The molecule has 0 spiro atoms. The van der Waals surface area contributed by atoms with Gasteiger partial charge in [0.05, 0.1) is 29.8 Å². The molecule has 0 aliphatic carbocycles. The number of benzene rings is 2. The molecule has 27 heavy (non-hydrogen) atoms. The first kappa shape index (κ1) is 18.7. The standard InChI is InChI=1S/C19H14BrNO6/c1-25-18(23)11-6-12(19(24)26-2)8-13(7-11)21-17(22)15-9-10-4-3-5-14(20)16(10)27-15/h3-9H,1-2H3,(H,21,22). The number of hydrogen-bond acceptors (Lipinski definition) is 6. The molecule has 0 saturated heterocycles. The summed E-state index contributed by atoms with van der Waals surface area (Å²) in [7, 11) is 2.44. The maximum Gasteiger partial charge on any atom is 0.337 e. The van der Waals surface area contributed by atoms with Gasteiger partial charge in [0.1, 0.15) is 5.58 Å². The number of furan rings is 1. The Morgan fingerprint density at radius 1 is 0.963 bits per heavy atom. The molecule has 1 heterocycles. The number of para-hydroxylation sites is 1. The van der Waals surface area contributed by atoms with Gasteiger partial charge >= 0.3 is 11.9 Å². The normalized spacial score (nSPS) is 10.5. The molecule has 0 aliphatic rings. The van der Waals surface area contributed by atoms with Crippen molar-refractivity contribution >= 4 is 50.4 Å². The predicted molar refractivity (Wildman–Crippen MR) is 101 cm³/mol. The van der Waals surface area contributed by atoms with Gasteiger partial charge in [0.25, 0.3) is 5.91 Å². The number of ether oxygens (including phenoxy) is 2. The lowest BCUT2D eigenvalue weighted by atomic mass is 10.1. The van der Waals surface area contributed by atoms with Crippen molar-refractivity contribution in [3.8, 4) is 0 Å². The summed E-state index contributed by atoms with van der Waals surface area (Å²) >= 11 is 3.36. The topological polar surface area (TPSA) is 94.8 Å². The molecule has 138 valence electrons. The van der Waals surface area contributed by atoms with Crippen LogP contribution in [0.3, 0.4) is 0 Å². The van der Waals surface area contributed by atoms with Crippen molar-refractivity contribution in [1.82, 2.24) is 0 Å². The van der Waals surface area contributed by atoms with E-state index in [2.05, 4.69) is 30.7 Å². The van der Waals surface area contributed by atoms with Crippen LogP contribution in [-0.2, 0) is 9.47 Å². The molecule has 0 unspecified atom stereocenters. The van der Waals surface area contributed by atoms with Crippen molar-refractivity contribution in [2.24, 2.45) is 0 Å². The van der Waals surface area contributed by atoms with Gasteiger partial charge < -0.3 is 19.2 Å². The zero-order valence-electron chi connectivity index (χ0n) is 14.4. The minimum Gasteiger partial charge on any atom is -0.465 e. The third-order valence-corrected chi connectivity index (χ3v) is 4.38. The Morgan fingerprint density at radius 3 is 2.15 bits per heavy atom. The summed E-state index contributed by atoms with van der Waals surface area (Å²) in [6, 6.07) is 11.2. The van der Waals surface area contributed by atoms with E-state index in [-0.39, 0.29) is 22.6 Å². The van der Waals surface area contributed by atoms with Crippen molar-refractivity contribution in [3.63, 3.8) is 0 Å². The first-order chi connectivity index (χ1) is 12.9. The first-order valence-corrected chi connectivity index (χ1v) is 8.53. The van der Waals surface area contributed by atoms with E-state index in [0.717, 1.165) is 9.86 Å². The molecule has 0 radical (unpaired) electrons. The highest BCUT2D eigenvalue weighted by atomic mass is 79.9. The Bertz CT molecular complexity index is 1020. The van der Waals surface area contributed by atoms with Crippen molar-refractivity contribution < 1.29 is 28.3 Å². The molecule has 7 nitrogen and oxygen atoms in total. The molecule has 0 fully saturated rings. The molecule has 2 aromatic carbocycles. The van der Waals surface area contributed by atoms with Crippen LogP contribution in [-0.4, -0.2) is 32.1 Å². The van der Waals surface area contributed by atoms with Gasteiger partial charge in [-0.25, -0.2) is 9.59 Å². The lowest BCUT2D eigenvalue weighted by Gasteiger charge is -2.08. The molecule has 1 aromatic heterocycles. The molecule has 1 N–H and O–H groups in total. The number of hydrogen-bond donors (Lipinski definition) is 1. The van der Waals surface area contributed by atoms with Gasteiger partial charge in [-0.3, -0.25) is 4.79 Å². The smallest absolute Gasteiger partial charge is 0.337 e. The second-order valence-electron chi connectivity index (χ2n) is 5.51. The van der Waals surface area contributed by atoms with Gasteiger partial charge in [0, 0.05) is 11.1 Å². The van der Waals surface area contributed by atoms with Crippen LogP contribution in [0.5, 0.6) is 0 Å². The van der Waals surface area contributed by atoms with Crippen LogP contribution in [0.15, 0.2) is 51.4 Å². The van der Waals surface area contributed by atoms with Crippen LogP contribution in [0.25, 0.3) is 11.0 Å². The molecule has 0 saturated carbocycles. The predicted octanol–water partition coefficient (Wildman–Crippen LogP) is 4.02. The van der Waals surface area contributed by atoms with E-state index in [4.69, 9.17) is 4.42 Å². The highest BCUT2D eigenvalue weighted by Gasteiger charge is 2.18. The van der Waals surface area contributed by atoms with Crippen molar-refractivity contribution in [2.75, 3.05) is 19.5 Å². The quantitative estimate of drug-likeness (QED) is 0.626. The summed E-state index contributed by atoms with van der Waals surface area (Å²) < 4.78 is 15.7. The van der Waals surface area contributed by atoms with Crippen molar-refractivity contribution in [1.29, 1.82) is 0 Å². The number of carbonyl (C=O) groups excluding carboxylic acids is 3.